The number of phenols is 2. The molecule has 4 fully saturated rings. The summed E-state index contributed by atoms with van der Waals surface area (Å²) in [5, 5.41) is 28.9. The Bertz CT molecular complexity index is 1290. The largest absolute Gasteiger partial charge is 0.507 e. The molecular formula is C35H48O7. The van der Waals surface area contributed by atoms with E-state index >= 15 is 0 Å². The highest BCUT2D eigenvalue weighted by atomic mass is 16.5. The Labute approximate surface area is 250 Å². The monoisotopic (exact) mass is 580 g/mol. The minimum absolute atomic E-state index is 0.0105. The van der Waals surface area contributed by atoms with Gasteiger partial charge in [-0.15, -0.1) is 0 Å². The average Bonchev–Trinajstić information content (AvgIpc) is 3.64. The van der Waals surface area contributed by atoms with Crippen molar-refractivity contribution in [2.24, 2.45) is 33.5 Å². The number of ether oxygens (including phenoxy) is 2. The number of aliphatic hydroxyl groups is 1. The molecule has 2 aromatic rings. The van der Waals surface area contributed by atoms with Gasteiger partial charge in [0.1, 0.15) is 28.7 Å². The van der Waals surface area contributed by atoms with Crippen LogP contribution in [0.4, 0.5) is 0 Å². The summed E-state index contributed by atoms with van der Waals surface area (Å²) in [5.74, 6) is 0.415. The molecule has 7 heteroatoms. The maximum absolute atomic E-state index is 12.3. The molecule has 7 nitrogen and oxygen atoms in total. The van der Waals surface area contributed by atoms with Gasteiger partial charge in [-0.05, 0) is 85.5 Å². The normalized spacial score (nSPS) is 32.7. The molecule has 0 aliphatic heterocycles. The van der Waals surface area contributed by atoms with Gasteiger partial charge in [-0.2, -0.15) is 0 Å². The minimum Gasteiger partial charge on any atom is -0.507 e. The van der Waals surface area contributed by atoms with Crippen LogP contribution >= 0.6 is 0 Å². The first-order valence-electron chi connectivity index (χ1n) is 15.1. The van der Waals surface area contributed by atoms with Gasteiger partial charge in [-0.25, -0.2) is 9.59 Å². The van der Waals surface area contributed by atoms with Crippen molar-refractivity contribution >= 4 is 11.9 Å². The van der Waals surface area contributed by atoms with Crippen LogP contribution in [-0.2, 0) is 9.47 Å². The van der Waals surface area contributed by atoms with Crippen molar-refractivity contribution in [1.29, 1.82) is 0 Å². The molecule has 0 aromatic heterocycles. The number of methoxy groups -OCH3 is 1. The number of carbonyl (C=O) groups excluding carboxylic acids is 2. The SMILES string of the molecule is CC12CCC(C1)C(C)(C)C2O.CC12CCC(C1)C(C)(C)C2OC(=O)c1ccccc1O.COC(=O)c1ccccc1O. The summed E-state index contributed by atoms with van der Waals surface area (Å²) in [6, 6.07) is 12.8. The quantitative estimate of drug-likeness (QED) is 0.331. The summed E-state index contributed by atoms with van der Waals surface area (Å²) in [6.45, 7) is 13.3. The van der Waals surface area contributed by atoms with Gasteiger partial charge in [-0.3, -0.25) is 0 Å². The Hall–Kier alpha value is -3.06. The first kappa shape index (κ1) is 31.9. The van der Waals surface area contributed by atoms with Gasteiger partial charge in [0.15, 0.2) is 0 Å². The van der Waals surface area contributed by atoms with Gasteiger partial charge in [0.05, 0.1) is 13.2 Å². The number of carbonyl (C=O) groups is 2. The zero-order valence-corrected chi connectivity index (χ0v) is 26.1. The molecule has 4 bridgehead atoms. The van der Waals surface area contributed by atoms with Crippen LogP contribution in [0.5, 0.6) is 11.5 Å². The third-order valence-electron chi connectivity index (χ3n) is 11.0. The molecule has 0 saturated heterocycles. The highest BCUT2D eigenvalue weighted by Gasteiger charge is 2.61. The van der Waals surface area contributed by atoms with Crippen molar-refractivity contribution in [3.8, 4) is 11.5 Å². The van der Waals surface area contributed by atoms with Gasteiger partial charge in [0.2, 0.25) is 0 Å². The summed E-state index contributed by atoms with van der Waals surface area (Å²) in [7, 11) is 1.27. The number of esters is 2. The van der Waals surface area contributed by atoms with Crippen molar-refractivity contribution in [3.05, 3.63) is 59.7 Å². The highest BCUT2D eigenvalue weighted by molar-refractivity contribution is 5.92. The average molecular weight is 581 g/mol. The number of phenolic OH excluding ortho intramolecular Hbond substituents is 2. The van der Waals surface area contributed by atoms with Gasteiger partial charge >= 0.3 is 11.9 Å². The highest BCUT2D eigenvalue weighted by Crippen LogP contribution is 2.64. The van der Waals surface area contributed by atoms with E-state index in [1.54, 1.807) is 30.3 Å². The van der Waals surface area contributed by atoms with Gasteiger partial charge in [0.25, 0.3) is 0 Å². The number of fused-ring (bicyclic) bond motifs is 4. The smallest absolute Gasteiger partial charge is 0.342 e. The fourth-order valence-electron chi connectivity index (χ4n) is 8.40. The Kier molecular flexibility index (Phi) is 8.77. The molecule has 6 atom stereocenters. The van der Waals surface area contributed by atoms with E-state index in [1.807, 2.05) is 0 Å². The summed E-state index contributed by atoms with van der Waals surface area (Å²) < 4.78 is 10.2. The van der Waals surface area contributed by atoms with E-state index in [-0.39, 0.29) is 56.5 Å². The van der Waals surface area contributed by atoms with E-state index in [0.717, 1.165) is 18.8 Å². The minimum atomic E-state index is -0.525. The van der Waals surface area contributed by atoms with E-state index in [9.17, 15) is 19.8 Å². The van der Waals surface area contributed by atoms with Crippen LogP contribution in [0, 0.1) is 33.5 Å². The fraction of sp³-hybridized carbons (Fsp3) is 0.600. The topological polar surface area (TPSA) is 113 Å². The lowest BCUT2D eigenvalue weighted by atomic mass is 9.70. The van der Waals surface area contributed by atoms with Crippen LogP contribution in [0.25, 0.3) is 0 Å². The van der Waals surface area contributed by atoms with E-state index in [2.05, 4.69) is 46.3 Å². The van der Waals surface area contributed by atoms with Crippen molar-refractivity contribution in [2.75, 3.05) is 7.11 Å². The predicted molar refractivity (Wildman–Crippen MR) is 161 cm³/mol. The van der Waals surface area contributed by atoms with Gasteiger partial charge < -0.3 is 24.8 Å². The van der Waals surface area contributed by atoms with Gasteiger partial charge in [-0.1, -0.05) is 65.8 Å². The lowest BCUT2D eigenvalue weighted by Gasteiger charge is -2.41. The lowest BCUT2D eigenvalue weighted by Crippen LogP contribution is -2.43. The molecule has 230 valence electrons. The number of rotatable bonds is 3. The van der Waals surface area contributed by atoms with Crippen molar-refractivity contribution < 1.29 is 34.4 Å². The van der Waals surface area contributed by atoms with Crippen molar-refractivity contribution in [1.82, 2.24) is 0 Å². The van der Waals surface area contributed by atoms with Crippen LogP contribution in [0.1, 0.15) is 101 Å². The summed E-state index contributed by atoms with van der Waals surface area (Å²) >= 11 is 0. The number of aliphatic hydroxyl groups excluding tert-OH is 1. The second-order valence-electron chi connectivity index (χ2n) is 14.5. The molecule has 0 spiro atoms. The van der Waals surface area contributed by atoms with E-state index in [1.165, 1.54) is 51.0 Å². The number of hydrogen-bond donors (Lipinski definition) is 3. The molecule has 0 radical (unpaired) electrons. The zero-order valence-electron chi connectivity index (χ0n) is 26.1. The molecule has 3 N–H and O–H groups in total. The Balaban J connectivity index is 0.000000157. The molecule has 4 aliphatic carbocycles. The zero-order chi connectivity index (χ0) is 31.1. The number of hydrogen-bond acceptors (Lipinski definition) is 7. The first-order valence-corrected chi connectivity index (χ1v) is 15.1. The molecule has 4 aliphatic rings. The van der Waals surface area contributed by atoms with E-state index in [0.29, 0.717) is 5.92 Å². The van der Waals surface area contributed by atoms with Gasteiger partial charge in [0, 0.05) is 10.8 Å². The molecule has 6 unspecified atom stereocenters. The Morgan fingerprint density at radius 3 is 1.55 bits per heavy atom. The molecule has 42 heavy (non-hydrogen) atoms. The molecule has 2 aromatic carbocycles. The molecule has 6 rings (SSSR count). The van der Waals surface area contributed by atoms with Crippen LogP contribution in [0.3, 0.4) is 0 Å². The van der Waals surface area contributed by atoms with Crippen molar-refractivity contribution in [2.45, 2.75) is 92.3 Å². The molecule has 4 saturated carbocycles. The van der Waals surface area contributed by atoms with E-state index < -0.39 is 11.9 Å². The molecule has 0 heterocycles. The maximum Gasteiger partial charge on any atom is 0.342 e. The third kappa shape index (κ3) is 5.77. The second kappa shape index (κ2) is 11.6. The number of benzene rings is 2. The summed E-state index contributed by atoms with van der Waals surface area (Å²) in [6.07, 6.45) is 7.19. The maximum atomic E-state index is 12.3. The Morgan fingerprint density at radius 2 is 1.17 bits per heavy atom. The first-order chi connectivity index (χ1) is 19.6. The molecule has 0 amide bonds. The number of para-hydroxylation sites is 2. The fourth-order valence-corrected chi connectivity index (χ4v) is 8.40. The standard InChI is InChI=1S/C17H22O3.C10H18O.C8H8O3/c1-16(2)11-8-9-17(3,10-11)15(16)20-14(19)12-6-4-5-7-13(12)18;1-9(2)7-4-5-10(3,6-7)8(9)11;1-11-8(10)6-4-2-3-5-7(6)9/h4-7,11,15,18H,8-10H2,1-3H3;7-8,11H,4-6H2,1-3H3;2-5,9H,1H3. The van der Waals surface area contributed by atoms with Crippen molar-refractivity contribution in [3.63, 3.8) is 0 Å². The predicted octanol–water partition coefficient (Wildman–Crippen LogP) is 7.14. The van der Waals surface area contributed by atoms with Crippen LogP contribution in [0.2, 0.25) is 0 Å². The summed E-state index contributed by atoms with van der Waals surface area (Å²) in [4.78, 5) is 23.2. The van der Waals surface area contributed by atoms with E-state index in [4.69, 9.17) is 9.84 Å². The Morgan fingerprint density at radius 1 is 0.714 bits per heavy atom. The van der Waals surface area contributed by atoms with Crippen LogP contribution in [0.15, 0.2) is 48.5 Å². The number of aromatic hydroxyl groups is 2. The lowest BCUT2D eigenvalue weighted by molar-refractivity contribution is -0.0585. The third-order valence-corrected chi connectivity index (χ3v) is 11.0. The second-order valence-corrected chi connectivity index (χ2v) is 14.5. The van der Waals surface area contributed by atoms with Crippen LogP contribution in [-0.4, -0.2) is 46.6 Å². The van der Waals surface area contributed by atoms with Crippen LogP contribution < -0.4 is 0 Å². The molecular weight excluding hydrogens is 532 g/mol. The summed E-state index contributed by atoms with van der Waals surface area (Å²) in [5.41, 5.74) is 1.01.